The third-order valence-corrected chi connectivity index (χ3v) is 2.97. The van der Waals surface area contributed by atoms with E-state index in [0.717, 1.165) is 25.3 Å². The van der Waals surface area contributed by atoms with Gasteiger partial charge in [0.25, 0.3) is 0 Å². The number of rotatable bonds is 5. The lowest BCUT2D eigenvalue weighted by Gasteiger charge is -2.22. The fourth-order valence-corrected chi connectivity index (χ4v) is 2.10. The van der Waals surface area contributed by atoms with Crippen LogP contribution in [0.25, 0.3) is 0 Å². The molecule has 84 valence electrons. The lowest BCUT2D eigenvalue weighted by atomic mass is 10.1. The van der Waals surface area contributed by atoms with Gasteiger partial charge in [0.2, 0.25) is 0 Å². The standard InChI is InChI=1S/C12H19NO2/c1-2-11(12-6-4-8-15-12)13-9-10-5-3-7-14-10/h3,5,7,11-13H,2,4,6,8-9H2,1H3. The van der Waals surface area contributed by atoms with Gasteiger partial charge in [-0.2, -0.15) is 0 Å². The van der Waals surface area contributed by atoms with Crippen molar-refractivity contribution in [2.45, 2.75) is 44.9 Å². The van der Waals surface area contributed by atoms with Crippen molar-refractivity contribution in [3.63, 3.8) is 0 Å². The smallest absolute Gasteiger partial charge is 0.117 e. The number of ether oxygens (including phenoxy) is 1. The van der Waals surface area contributed by atoms with Gasteiger partial charge in [-0.1, -0.05) is 6.92 Å². The van der Waals surface area contributed by atoms with Gasteiger partial charge in [0, 0.05) is 12.6 Å². The minimum absolute atomic E-state index is 0.393. The van der Waals surface area contributed by atoms with E-state index >= 15 is 0 Å². The lowest BCUT2D eigenvalue weighted by Crippen LogP contribution is -2.38. The Morgan fingerprint density at radius 1 is 1.60 bits per heavy atom. The molecule has 0 aliphatic carbocycles. The largest absolute Gasteiger partial charge is 0.468 e. The van der Waals surface area contributed by atoms with Gasteiger partial charge >= 0.3 is 0 Å². The van der Waals surface area contributed by atoms with Crippen molar-refractivity contribution in [2.24, 2.45) is 0 Å². The number of hydrogen-bond donors (Lipinski definition) is 1. The first-order chi connectivity index (χ1) is 7.40. The fourth-order valence-electron chi connectivity index (χ4n) is 2.10. The minimum Gasteiger partial charge on any atom is -0.468 e. The predicted molar refractivity (Wildman–Crippen MR) is 58.6 cm³/mol. The molecule has 0 amide bonds. The number of nitrogens with one attached hydrogen (secondary N) is 1. The number of furan rings is 1. The van der Waals surface area contributed by atoms with Crippen molar-refractivity contribution in [2.75, 3.05) is 6.61 Å². The van der Waals surface area contributed by atoms with Crippen LogP contribution in [0, 0.1) is 0 Å². The highest BCUT2D eigenvalue weighted by Crippen LogP contribution is 2.17. The minimum atomic E-state index is 0.393. The van der Waals surface area contributed by atoms with Crippen molar-refractivity contribution in [3.05, 3.63) is 24.2 Å². The first-order valence-corrected chi connectivity index (χ1v) is 5.77. The van der Waals surface area contributed by atoms with Crippen molar-refractivity contribution in [3.8, 4) is 0 Å². The first kappa shape index (κ1) is 10.7. The molecule has 1 fully saturated rings. The van der Waals surface area contributed by atoms with Crippen LogP contribution in [0.4, 0.5) is 0 Å². The van der Waals surface area contributed by atoms with Gasteiger partial charge in [-0.25, -0.2) is 0 Å². The number of hydrogen-bond acceptors (Lipinski definition) is 3. The fraction of sp³-hybridized carbons (Fsp3) is 0.667. The summed E-state index contributed by atoms with van der Waals surface area (Å²) in [6, 6.07) is 4.37. The molecule has 1 aliphatic rings. The molecule has 3 nitrogen and oxygen atoms in total. The van der Waals surface area contributed by atoms with Crippen LogP contribution in [0.5, 0.6) is 0 Å². The summed E-state index contributed by atoms with van der Waals surface area (Å²) in [4.78, 5) is 0. The van der Waals surface area contributed by atoms with Crippen molar-refractivity contribution in [1.29, 1.82) is 0 Å². The molecular formula is C12H19NO2. The Morgan fingerprint density at radius 2 is 2.53 bits per heavy atom. The molecule has 1 aromatic rings. The molecule has 1 aromatic heterocycles. The summed E-state index contributed by atoms with van der Waals surface area (Å²) in [6.07, 6.45) is 5.59. The SMILES string of the molecule is CCC(NCc1ccco1)C1CCCO1. The third kappa shape index (κ3) is 2.83. The normalized spacial score (nSPS) is 23.1. The monoisotopic (exact) mass is 209 g/mol. The second-order valence-corrected chi connectivity index (χ2v) is 4.03. The van der Waals surface area contributed by atoms with Gasteiger partial charge in [0.05, 0.1) is 18.9 Å². The van der Waals surface area contributed by atoms with Gasteiger partial charge in [-0.15, -0.1) is 0 Å². The molecule has 0 aromatic carbocycles. The Balaban J connectivity index is 1.80. The second-order valence-electron chi connectivity index (χ2n) is 4.03. The maximum absolute atomic E-state index is 5.68. The molecule has 0 saturated carbocycles. The molecule has 0 radical (unpaired) electrons. The van der Waals surface area contributed by atoms with Crippen molar-refractivity contribution in [1.82, 2.24) is 5.32 Å². The third-order valence-electron chi connectivity index (χ3n) is 2.97. The van der Waals surface area contributed by atoms with Gasteiger partial charge < -0.3 is 14.5 Å². The predicted octanol–water partition coefficient (Wildman–Crippen LogP) is 2.33. The van der Waals surface area contributed by atoms with Gasteiger partial charge in [-0.3, -0.25) is 0 Å². The van der Waals surface area contributed by atoms with E-state index in [4.69, 9.17) is 9.15 Å². The van der Waals surface area contributed by atoms with Crippen LogP contribution in [0.2, 0.25) is 0 Å². The molecule has 0 spiro atoms. The average Bonchev–Trinajstić information content (AvgIpc) is 2.90. The first-order valence-electron chi connectivity index (χ1n) is 5.77. The van der Waals surface area contributed by atoms with E-state index in [2.05, 4.69) is 12.2 Å². The maximum Gasteiger partial charge on any atom is 0.117 e. The van der Waals surface area contributed by atoms with E-state index in [9.17, 15) is 0 Å². The van der Waals surface area contributed by atoms with Crippen LogP contribution in [-0.4, -0.2) is 18.8 Å². The van der Waals surface area contributed by atoms with Crippen LogP contribution >= 0.6 is 0 Å². The topological polar surface area (TPSA) is 34.4 Å². The second kappa shape index (κ2) is 5.33. The molecule has 2 atom stereocenters. The molecular weight excluding hydrogens is 190 g/mol. The van der Waals surface area contributed by atoms with Crippen molar-refractivity contribution >= 4 is 0 Å². The Labute approximate surface area is 90.8 Å². The molecule has 2 unspecified atom stereocenters. The van der Waals surface area contributed by atoms with Crippen LogP contribution in [0.15, 0.2) is 22.8 Å². The molecule has 1 N–H and O–H groups in total. The molecule has 3 heteroatoms. The zero-order chi connectivity index (χ0) is 10.5. The zero-order valence-electron chi connectivity index (χ0n) is 9.24. The summed E-state index contributed by atoms with van der Waals surface area (Å²) in [5, 5.41) is 3.50. The van der Waals surface area contributed by atoms with E-state index < -0.39 is 0 Å². The molecule has 1 saturated heterocycles. The van der Waals surface area contributed by atoms with Gasteiger partial charge in [-0.05, 0) is 31.4 Å². The highest BCUT2D eigenvalue weighted by Gasteiger charge is 2.24. The molecule has 1 aliphatic heterocycles. The zero-order valence-corrected chi connectivity index (χ0v) is 9.24. The molecule has 15 heavy (non-hydrogen) atoms. The highest BCUT2D eigenvalue weighted by atomic mass is 16.5. The van der Waals surface area contributed by atoms with Crippen LogP contribution < -0.4 is 5.32 Å². The Morgan fingerprint density at radius 3 is 3.13 bits per heavy atom. The van der Waals surface area contributed by atoms with Crippen LogP contribution in [0.3, 0.4) is 0 Å². The summed E-state index contributed by atoms with van der Waals surface area (Å²) >= 11 is 0. The maximum atomic E-state index is 5.68. The van der Waals surface area contributed by atoms with E-state index in [0.29, 0.717) is 12.1 Å². The summed E-state index contributed by atoms with van der Waals surface area (Å²) < 4.78 is 11.0. The average molecular weight is 209 g/mol. The van der Waals surface area contributed by atoms with E-state index in [1.54, 1.807) is 6.26 Å². The molecule has 2 rings (SSSR count). The summed E-state index contributed by atoms with van der Waals surface area (Å²) in [7, 11) is 0. The Hall–Kier alpha value is -0.800. The van der Waals surface area contributed by atoms with Gasteiger partial charge in [0.15, 0.2) is 0 Å². The van der Waals surface area contributed by atoms with E-state index in [-0.39, 0.29) is 0 Å². The van der Waals surface area contributed by atoms with Gasteiger partial charge in [0.1, 0.15) is 5.76 Å². The highest BCUT2D eigenvalue weighted by molar-refractivity contribution is 4.98. The van der Waals surface area contributed by atoms with Crippen LogP contribution in [-0.2, 0) is 11.3 Å². The Kier molecular flexibility index (Phi) is 3.80. The summed E-state index contributed by atoms with van der Waals surface area (Å²) in [5.41, 5.74) is 0. The van der Waals surface area contributed by atoms with Crippen molar-refractivity contribution < 1.29 is 9.15 Å². The summed E-state index contributed by atoms with van der Waals surface area (Å²) in [6.45, 7) is 3.91. The molecule has 0 bridgehead atoms. The summed E-state index contributed by atoms with van der Waals surface area (Å²) in [5.74, 6) is 0.992. The quantitative estimate of drug-likeness (QED) is 0.808. The molecule has 2 heterocycles. The Bertz CT molecular complexity index is 265. The van der Waals surface area contributed by atoms with E-state index in [1.165, 1.54) is 12.8 Å². The van der Waals surface area contributed by atoms with E-state index in [1.807, 2.05) is 12.1 Å². The lowest BCUT2D eigenvalue weighted by molar-refractivity contribution is 0.0758. The van der Waals surface area contributed by atoms with Crippen LogP contribution in [0.1, 0.15) is 31.9 Å².